The van der Waals surface area contributed by atoms with Gasteiger partial charge in [0.05, 0.1) is 7.11 Å². The van der Waals surface area contributed by atoms with Crippen molar-refractivity contribution in [2.75, 3.05) is 7.11 Å². The molecule has 0 aromatic heterocycles. The van der Waals surface area contributed by atoms with Crippen LogP contribution < -0.4 is 4.74 Å². The standard InChI is InChI=1S/C23H36O2/c1-3-4-5-6-7-8-9-10-11-12-13-14-17-22(24)19-21-16-15-18-23(20-21)25-2/h10-11,15-16,18,20H,3-9,12-14,17,19H2,1-2H3/b11-10+. The molecular formula is C23H36O2. The Hall–Kier alpha value is -1.57. The van der Waals surface area contributed by atoms with E-state index >= 15 is 0 Å². The third-order valence-corrected chi connectivity index (χ3v) is 4.50. The highest BCUT2D eigenvalue weighted by atomic mass is 16.5. The number of Topliss-reactive ketones (excluding diaryl/α,β-unsaturated/α-hetero) is 1. The molecule has 0 bridgehead atoms. The van der Waals surface area contributed by atoms with Crippen LogP contribution in [-0.2, 0) is 11.2 Å². The summed E-state index contributed by atoms with van der Waals surface area (Å²) in [5, 5.41) is 0. The maximum Gasteiger partial charge on any atom is 0.137 e. The van der Waals surface area contributed by atoms with Crippen LogP contribution in [0.3, 0.4) is 0 Å². The topological polar surface area (TPSA) is 26.3 Å². The number of hydrogen-bond donors (Lipinski definition) is 0. The molecule has 1 rings (SSSR count). The first-order valence-electron chi connectivity index (χ1n) is 10.1. The SMILES string of the molecule is CCCCCCCC/C=C/CCCCC(=O)Cc1cccc(OC)c1. The van der Waals surface area contributed by atoms with Crippen LogP contribution in [0.2, 0.25) is 0 Å². The molecule has 2 heteroatoms. The van der Waals surface area contributed by atoms with Crippen LogP contribution in [-0.4, -0.2) is 12.9 Å². The van der Waals surface area contributed by atoms with Crippen molar-refractivity contribution >= 4 is 5.78 Å². The molecule has 25 heavy (non-hydrogen) atoms. The number of ether oxygens (including phenoxy) is 1. The Morgan fingerprint density at radius 2 is 1.64 bits per heavy atom. The fourth-order valence-corrected chi connectivity index (χ4v) is 2.96. The summed E-state index contributed by atoms with van der Waals surface area (Å²) in [6, 6.07) is 7.79. The Labute approximate surface area is 154 Å². The van der Waals surface area contributed by atoms with Gasteiger partial charge in [-0.05, 0) is 49.8 Å². The summed E-state index contributed by atoms with van der Waals surface area (Å²) in [5.74, 6) is 1.14. The molecule has 0 N–H and O–H groups in total. The molecule has 0 atom stereocenters. The second-order valence-electron chi connectivity index (χ2n) is 6.84. The molecule has 0 heterocycles. The summed E-state index contributed by atoms with van der Waals surface area (Å²) in [5.41, 5.74) is 1.04. The summed E-state index contributed by atoms with van der Waals surface area (Å²) in [7, 11) is 1.65. The van der Waals surface area contributed by atoms with Gasteiger partial charge >= 0.3 is 0 Å². The predicted octanol–water partition coefficient (Wildman–Crippen LogP) is 6.67. The van der Waals surface area contributed by atoms with Gasteiger partial charge < -0.3 is 4.74 Å². The number of carbonyl (C=O) groups excluding carboxylic acids is 1. The molecule has 2 nitrogen and oxygen atoms in total. The highest BCUT2D eigenvalue weighted by molar-refractivity contribution is 5.80. The van der Waals surface area contributed by atoms with Crippen LogP contribution >= 0.6 is 0 Å². The van der Waals surface area contributed by atoms with Crippen molar-refractivity contribution in [1.29, 1.82) is 0 Å². The Morgan fingerprint density at radius 1 is 0.960 bits per heavy atom. The molecule has 1 aromatic rings. The molecule has 1 aromatic carbocycles. The van der Waals surface area contributed by atoms with E-state index in [-0.39, 0.29) is 0 Å². The number of carbonyl (C=O) groups is 1. The Kier molecular flexibility index (Phi) is 12.7. The van der Waals surface area contributed by atoms with Crippen LogP contribution in [0.4, 0.5) is 0 Å². The summed E-state index contributed by atoms with van der Waals surface area (Å²) in [6.07, 6.45) is 18.4. The average Bonchev–Trinajstić information content (AvgIpc) is 2.62. The van der Waals surface area contributed by atoms with Gasteiger partial charge in [0.25, 0.3) is 0 Å². The quantitative estimate of drug-likeness (QED) is 0.262. The number of methoxy groups -OCH3 is 1. The number of hydrogen-bond acceptors (Lipinski definition) is 2. The van der Waals surface area contributed by atoms with Crippen molar-refractivity contribution in [2.24, 2.45) is 0 Å². The first-order valence-corrected chi connectivity index (χ1v) is 10.1. The van der Waals surface area contributed by atoms with Crippen LogP contribution in [0.5, 0.6) is 5.75 Å². The first-order chi connectivity index (χ1) is 12.3. The van der Waals surface area contributed by atoms with Crippen molar-refractivity contribution in [3.63, 3.8) is 0 Å². The molecular weight excluding hydrogens is 308 g/mol. The van der Waals surface area contributed by atoms with Crippen molar-refractivity contribution in [3.05, 3.63) is 42.0 Å². The zero-order valence-electron chi connectivity index (χ0n) is 16.3. The van der Waals surface area contributed by atoms with Crippen molar-refractivity contribution in [1.82, 2.24) is 0 Å². The molecule has 140 valence electrons. The van der Waals surface area contributed by atoms with E-state index in [1.807, 2.05) is 24.3 Å². The Morgan fingerprint density at radius 3 is 2.36 bits per heavy atom. The van der Waals surface area contributed by atoms with Crippen molar-refractivity contribution in [3.8, 4) is 5.75 Å². The van der Waals surface area contributed by atoms with Crippen LogP contribution in [0.15, 0.2) is 36.4 Å². The number of benzene rings is 1. The molecule has 0 aliphatic rings. The van der Waals surface area contributed by atoms with E-state index in [1.165, 1.54) is 44.9 Å². The monoisotopic (exact) mass is 344 g/mol. The maximum absolute atomic E-state index is 12.0. The minimum absolute atomic E-state index is 0.323. The van der Waals surface area contributed by atoms with Gasteiger partial charge in [-0.3, -0.25) is 4.79 Å². The molecule has 0 amide bonds. The van der Waals surface area contributed by atoms with Gasteiger partial charge in [0, 0.05) is 12.8 Å². The number of allylic oxidation sites excluding steroid dienone is 2. The zero-order chi connectivity index (χ0) is 18.2. The van der Waals surface area contributed by atoms with E-state index in [2.05, 4.69) is 19.1 Å². The molecule has 0 aliphatic carbocycles. The van der Waals surface area contributed by atoms with E-state index in [0.29, 0.717) is 18.6 Å². The summed E-state index contributed by atoms with van der Waals surface area (Å²) >= 11 is 0. The number of ketones is 1. The van der Waals surface area contributed by atoms with Gasteiger partial charge in [-0.15, -0.1) is 0 Å². The highest BCUT2D eigenvalue weighted by Gasteiger charge is 2.04. The van der Waals surface area contributed by atoms with Crippen molar-refractivity contribution in [2.45, 2.75) is 84.0 Å². The second-order valence-corrected chi connectivity index (χ2v) is 6.84. The Balaban J connectivity index is 1.99. The van der Waals surface area contributed by atoms with Crippen molar-refractivity contribution < 1.29 is 9.53 Å². The van der Waals surface area contributed by atoms with Gasteiger partial charge in [-0.25, -0.2) is 0 Å². The predicted molar refractivity (Wildman–Crippen MR) is 107 cm³/mol. The van der Waals surface area contributed by atoms with Crippen LogP contribution in [0.25, 0.3) is 0 Å². The largest absolute Gasteiger partial charge is 0.497 e. The van der Waals surface area contributed by atoms with E-state index in [9.17, 15) is 4.79 Å². The van der Waals surface area contributed by atoms with Gasteiger partial charge in [0.2, 0.25) is 0 Å². The molecule has 0 aliphatic heterocycles. The third kappa shape index (κ3) is 11.6. The molecule has 0 saturated carbocycles. The lowest BCUT2D eigenvalue weighted by Crippen LogP contribution is -2.02. The summed E-state index contributed by atoms with van der Waals surface area (Å²) < 4.78 is 5.20. The normalized spacial score (nSPS) is 11.1. The smallest absolute Gasteiger partial charge is 0.137 e. The number of unbranched alkanes of at least 4 members (excludes halogenated alkanes) is 8. The summed E-state index contributed by atoms with van der Waals surface area (Å²) in [4.78, 5) is 12.0. The minimum atomic E-state index is 0.323. The minimum Gasteiger partial charge on any atom is -0.497 e. The van der Waals surface area contributed by atoms with Crippen LogP contribution in [0.1, 0.15) is 83.1 Å². The van der Waals surface area contributed by atoms with Crippen LogP contribution in [0, 0.1) is 0 Å². The van der Waals surface area contributed by atoms with Gasteiger partial charge in [0.15, 0.2) is 0 Å². The lowest BCUT2D eigenvalue weighted by atomic mass is 10.0. The fourth-order valence-electron chi connectivity index (χ4n) is 2.96. The third-order valence-electron chi connectivity index (χ3n) is 4.50. The van der Waals surface area contributed by atoms with E-state index in [4.69, 9.17) is 4.74 Å². The van der Waals surface area contributed by atoms with E-state index < -0.39 is 0 Å². The lowest BCUT2D eigenvalue weighted by Gasteiger charge is -2.04. The highest BCUT2D eigenvalue weighted by Crippen LogP contribution is 2.14. The van der Waals surface area contributed by atoms with Gasteiger partial charge in [-0.2, -0.15) is 0 Å². The number of rotatable bonds is 15. The molecule has 0 fully saturated rings. The van der Waals surface area contributed by atoms with E-state index in [0.717, 1.165) is 30.6 Å². The molecule has 0 unspecified atom stereocenters. The molecule has 0 radical (unpaired) electrons. The molecule has 0 spiro atoms. The first kappa shape index (κ1) is 21.5. The Bertz CT molecular complexity index is 491. The maximum atomic E-state index is 12.0. The van der Waals surface area contributed by atoms with Gasteiger partial charge in [0.1, 0.15) is 11.5 Å². The fraction of sp³-hybridized carbons (Fsp3) is 0.609. The second kappa shape index (κ2) is 14.7. The molecule has 0 saturated heterocycles. The lowest BCUT2D eigenvalue weighted by molar-refractivity contribution is -0.118. The van der Waals surface area contributed by atoms with Gasteiger partial charge in [-0.1, -0.05) is 63.3 Å². The zero-order valence-corrected chi connectivity index (χ0v) is 16.3. The average molecular weight is 345 g/mol. The van der Waals surface area contributed by atoms with E-state index in [1.54, 1.807) is 7.11 Å². The summed E-state index contributed by atoms with van der Waals surface area (Å²) in [6.45, 7) is 2.26.